The Morgan fingerprint density at radius 1 is 0.667 bits per heavy atom. The number of hydrogen-bond acceptors (Lipinski definition) is 0. The van der Waals surface area contributed by atoms with Crippen LogP contribution < -0.4 is 15.6 Å². The van der Waals surface area contributed by atoms with Crippen LogP contribution in [0.2, 0.25) is 6.04 Å². The first-order valence-electron chi connectivity index (χ1n) is 7.45. The molecule has 0 aliphatic rings. The summed E-state index contributed by atoms with van der Waals surface area (Å²) in [6.07, 6.45) is 0. The Labute approximate surface area is 128 Å². The fraction of sp³-hybridized carbons (Fsp3) is 0.100. The van der Waals surface area contributed by atoms with Crippen LogP contribution in [0.25, 0.3) is 0 Å². The van der Waals surface area contributed by atoms with Crippen molar-refractivity contribution in [2.75, 3.05) is 0 Å². The minimum atomic E-state index is -1.92. The predicted molar refractivity (Wildman–Crippen MR) is 93.3 cm³/mol. The third kappa shape index (κ3) is 2.45. The lowest BCUT2D eigenvalue weighted by molar-refractivity contribution is 1.40. The summed E-state index contributed by atoms with van der Waals surface area (Å²) in [5.74, 6) is 0. The fourth-order valence-corrected chi connectivity index (χ4v) is 7.71. The monoisotopic (exact) mass is 287 g/mol. The van der Waals surface area contributed by atoms with Gasteiger partial charge in [-0.25, -0.2) is 0 Å². The largest absolute Gasteiger partial charge is 0.148 e. The van der Waals surface area contributed by atoms with Crippen molar-refractivity contribution in [1.29, 1.82) is 0 Å². The molecule has 0 unspecified atom stereocenters. The number of benzene rings is 3. The molecule has 0 atom stereocenters. The van der Waals surface area contributed by atoms with Gasteiger partial charge in [0, 0.05) is 0 Å². The van der Waals surface area contributed by atoms with Crippen molar-refractivity contribution in [2.24, 2.45) is 0 Å². The van der Waals surface area contributed by atoms with E-state index in [1.165, 1.54) is 15.6 Å². The van der Waals surface area contributed by atoms with Crippen LogP contribution in [0.1, 0.15) is 6.92 Å². The average Bonchev–Trinajstić information content (AvgIpc) is 2.59. The summed E-state index contributed by atoms with van der Waals surface area (Å²) in [6.45, 7) is 2.32. The van der Waals surface area contributed by atoms with E-state index in [0.29, 0.717) is 0 Å². The first-order chi connectivity index (χ1) is 10.4. The van der Waals surface area contributed by atoms with Crippen molar-refractivity contribution in [3.63, 3.8) is 0 Å². The Balaban J connectivity index is 2.29. The van der Waals surface area contributed by atoms with Gasteiger partial charge in [0.2, 0.25) is 0 Å². The third-order valence-corrected chi connectivity index (χ3v) is 9.29. The first-order valence-corrected chi connectivity index (χ1v) is 9.66. The quantitative estimate of drug-likeness (QED) is 0.511. The van der Waals surface area contributed by atoms with E-state index in [1.807, 2.05) is 12.1 Å². The normalized spacial score (nSPS) is 11.3. The van der Waals surface area contributed by atoms with Gasteiger partial charge in [0.15, 0.2) is 0 Å². The molecule has 21 heavy (non-hydrogen) atoms. The standard InChI is InChI=1S/C20H19Si/c1-2-21(18-12-6-3-7-13-18,19-14-8-4-9-15-19)20-16-10-5-11-17-20/h3-4,6-17H,2H2,1H3. The van der Waals surface area contributed by atoms with Crippen LogP contribution in [0.3, 0.4) is 0 Å². The molecule has 3 aromatic rings. The predicted octanol–water partition coefficient (Wildman–Crippen LogP) is 2.98. The number of rotatable bonds is 4. The molecule has 103 valence electrons. The Kier molecular flexibility index (Phi) is 4.02. The van der Waals surface area contributed by atoms with Crippen LogP contribution >= 0.6 is 0 Å². The molecule has 0 saturated carbocycles. The van der Waals surface area contributed by atoms with E-state index in [2.05, 4.69) is 85.8 Å². The molecule has 1 radical (unpaired) electrons. The second-order valence-corrected chi connectivity index (χ2v) is 9.53. The molecule has 0 aromatic heterocycles. The average molecular weight is 287 g/mol. The molecule has 0 fully saturated rings. The van der Waals surface area contributed by atoms with Crippen molar-refractivity contribution in [1.82, 2.24) is 0 Å². The van der Waals surface area contributed by atoms with Crippen LogP contribution in [0, 0.1) is 6.07 Å². The topological polar surface area (TPSA) is 0 Å². The van der Waals surface area contributed by atoms with Gasteiger partial charge in [-0.2, -0.15) is 0 Å². The molecule has 3 aromatic carbocycles. The van der Waals surface area contributed by atoms with Gasteiger partial charge in [-0.1, -0.05) is 91.9 Å². The van der Waals surface area contributed by atoms with E-state index in [-0.39, 0.29) is 0 Å². The van der Waals surface area contributed by atoms with Crippen molar-refractivity contribution in [2.45, 2.75) is 13.0 Å². The summed E-state index contributed by atoms with van der Waals surface area (Å²) in [5, 5.41) is 4.41. The zero-order valence-corrected chi connectivity index (χ0v) is 13.3. The van der Waals surface area contributed by atoms with Gasteiger partial charge in [-0.15, -0.1) is 0 Å². The lowest BCUT2D eigenvalue weighted by Gasteiger charge is -2.32. The zero-order valence-electron chi connectivity index (χ0n) is 12.3. The van der Waals surface area contributed by atoms with Crippen molar-refractivity contribution < 1.29 is 0 Å². The zero-order chi connectivity index (χ0) is 14.5. The molecule has 1 heteroatoms. The summed E-state index contributed by atoms with van der Waals surface area (Å²) < 4.78 is 0. The summed E-state index contributed by atoms with van der Waals surface area (Å²) >= 11 is 0. The van der Waals surface area contributed by atoms with Crippen molar-refractivity contribution >= 4 is 23.6 Å². The maximum atomic E-state index is 3.15. The molecule has 0 spiro atoms. The van der Waals surface area contributed by atoms with Gasteiger partial charge in [0.25, 0.3) is 0 Å². The molecule has 0 saturated heterocycles. The van der Waals surface area contributed by atoms with E-state index >= 15 is 0 Å². The van der Waals surface area contributed by atoms with Crippen molar-refractivity contribution in [3.8, 4) is 0 Å². The molecule has 3 rings (SSSR count). The van der Waals surface area contributed by atoms with Gasteiger partial charge in [-0.3, -0.25) is 0 Å². The van der Waals surface area contributed by atoms with Gasteiger partial charge < -0.3 is 0 Å². The SMILES string of the molecule is CC[Si](c1cc[c]cc1)(c1ccccc1)c1ccccc1. The highest BCUT2D eigenvalue weighted by Gasteiger charge is 2.36. The van der Waals surface area contributed by atoms with Crippen LogP contribution in [0.5, 0.6) is 0 Å². The molecule has 0 heterocycles. The van der Waals surface area contributed by atoms with Gasteiger partial charge in [0.05, 0.1) is 0 Å². The summed E-state index contributed by atoms with van der Waals surface area (Å²) in [4.78, 5) is 0. The maximum Gasteiger partial charge on any atom is 0.148 e. The highest BCUT2D eigenvalue weighted by Crippen LogP contribution is 2.12. The molecular formula is C20H19Si. The Bertz CT molecular complexity index is 578. The van der Waals surface area contributed by atoms with E-state index < -0.39 is 8.07 Å². The lowest BCUT2D eigenvalue weighted by atomic mass is 10.3. The van der Waals surface area contributed by atoms with Crippen LogP contribution in [0.4, 0.5) is 0 Å². The molecule has 0 bridgehead atoms. The minimum absolute atomic E-state index is 1.16. The van der Waals surface area contributed by atoms with Gasteiger partial charge >= 0.3 is 0 Å². The second-order valence-electron chi connectivity index (χ2n) is 5.28. The summed E-state index contributed by atoms with van der Waals surface area (Å²) in [6, 6.07) is 34.9. The summed E-state index contributed by atoms with van der Waals surface area (Å²) in [7, 11) is -1.92. The molecule has 0 amide bonds. The smallest absolute Gasteiger partial charge is 0.0669 e. The van der Waals surface area contributed by atoms with E-state index in [4.69, 9.17) is 0 Å². The third-order valence-electron chi connectivity index (χ3n) is 4.27. The second kappa shape index (κ2) is 6.11. The molecule has 0 aliphatic heterocycles. The maximum absolute atomic E-state index is 3.15. The lowest BCUT2D eigenvalue weighted by Crippen LogP contribution is -2.66. The Hall–Kier alpha value is -2.12. The molecular weight excluding hydrogens is 268 g/mol. The van der Waals surface area contributed by atoms with Crippen LogP contribution in [0.15, 0.2) is 84.9 Å². The van der Waals surface area contributed by atoms with E-state index in [0.717, 1.165) is 6.04 Å². The van der Waals surface area contributed by atoms with E-state index in [9.17, 15) is 0 Å². The van der Waals surface area contributed by atoms with Crippen molar-refractivity contribution in [3.05, 3.63) is 91.0 Å². The van der Waals surface area contributed by atoms with Gasteiger partial charge in [0.1, 0.15) is 8.07 Å². The van der Waals surface area contributed by atoms with Gasteiger partial charge in [-0.05, 0) is 27.7 Å². The number of hydrogen-bond donors (Lipinski definition) is 0. The Morgan fingerprint density at radius 3 is 1.52 bits per heavy atom. The van der Waals surface area contributed by atoms with Crippen LogP contribution in [-0.4, -0.2) is 8.07 Å². The molecule has 0 aliphatic carbocycles. The summed E-state index contributed by atoms with van der Waals surface area (Å²) in [5.41, 5.74) is 0. The highest BCUT2D eigenvalue weighted by molar-refractivity contribution is 7.11. The van der Waals surface area contributed by atoms with E-state index in [1.54, 1.807) is 0 Å². The fourth-order valence-electron chi connectivity index (χ4n) is 3.23. The Morgan fingerprint density at radius 2 is 1.10 bits per heavy atom. The highest BCUT2D eigenvalue weighted by atomic mass is 28.3. The first kappa shape index (κ1) is 13.8. The minimum Gasteiger partial charge on any atom is -0.0669 e. The molecule has 0 N–H and O–H groups in total. The molecule has 0 nitrogen and oxygen atoms in total. The van der Waals surface area contributed by atoms with Crippen LogP contribution in [-0.2, 0) is 0 Å².